The Morgan fingerprint density at radius 1 is 1.32 bits per heavy atom. The van der Waals surface area contributed by atoms with Crippen LogP contribution in [0.2, 0.25) is 0 Å². The molecule has 1 heterocycles. The molecule has 0 aromatic heterocycles. The Kier molecular flexibility index (Phi) is 5.49. The van der Waals surface area contributed by atoms with Gasteiger partial charge in [0.1, 0.15) is 0 Å². The van der Waals surface area contributed by atoms with Gasteiger partial charge in [0.05, 0.1) is 6.04 Å². The van der Waals surface area contributed by atoms with E-state index in [-0.39, 0.29) is 24.9 Å². The molecule has 0 fully saturated rings. The normalized spacial score (nSPS) is 15.5. The number of urea groups is 1. The van der Waals surface area contributed by atoms with Crippen LogP contribution in [-0.2, 0) is 0 Å². The van der Waals surface area contributed by atoms with E-state index in [1.807, 2.05) is 46.1 Å². The van der Waals surface area contributed by atoms with E-state index in [2.05, 4.69) is 15.5 Å². The quantitative estimate of drug-likeness (QED) is 0.845. The average Bonchev–Trinajstić information content (AvgIpc) is 2.94. The van der Waals surface area contributed by atoms with E-state index in [9.17, 15) is 4.79 Å². The number of rotatable bonds is 6. The summed E-state index contributed by atoms with van der Waals surface area (Å²) in [5, 5.41) is 5.84. The number of nitrogens with zero attached hydrogens (tertiary/aromatic N) is 1. The van der Waals surface area contributed by atoms with Gasteiger partial charge < -0.3 is 25.0 Å². The SMILES string of the molecule is CCC(C)NC(=O)NCC(c1ccc2c(c1)OCO2)N(C)C. The summed E-state index contributed by atoms with van der Waals surface area (Å²) in [7, 11) is 3.98. The molecule has 1 aromatic carbocycles. The highest BCUT2D eigenvalue weighted by Crippen LogP contribution is 2.34. The molecule has 1 aromatic rings. The van der Waals surface area contributed by atoms with E-state index in [4.69, 9.17) is 9.47 Å². The molecular formula is C16H25N3O3. The lowest BCUT2D eigenvalue weighted by Crippen LogP contribution is -2.43. The Morgan fingerprint density at radius 3 is 2.73 bits per heavy atom. The van der Waals surface area contributed by atoms with Crippen molar-refractivity contribution in [3.8, 4) is 11.5 Å². The molecule has 22 heavy (non-hydrogen) atoms. The first-order valence-corrected chi connectivity index (χ1v) is 7.61. The molecule has 6 heteroatoms. The molecule has 2 rings (SSSR count). The molecule has 2 amide bonds. The molecule has 2 N–H and O–H groups in total. The third kappa shape index (κ3) is 4.04. The second kappa shape index (κ2) is 7.35. The Labute approximate surface area is 131 Å². The van der Waals surface area contributed by atoms with Gasteiger partial charge in [0, 0.05) is 12.6 Å². The Bertz CT molecular complexity index is 519. The van der Waals surface area contributed by atoms with Crippen LogP contribution in [0.3, 0.4) is 0 Å². The molecule has 0 spiro atoms. The fraction of sp³-hybridized carbons (Fsp3) is 0.562. The van der Waals surface area contributed by atoms with Gasteiger partial charge in [0.2, 0.25) is 6.79 Å². The van der Waals surface area contributed by atoms with Gasteiger partial charge in [-0.15, -0.1) is 0 Å². The summed E-state index contributed by atoms with van der Waals surface area (Å²) in [5.74, 6) is 1.53. The lowest BCUT2D eigenvalue weighted by molar-refractivity contribution is 0.174. The van der Waals surface area contributed by atoms with E-state index < -0.39 is 0 Å². The maximum atomic E-state index is 11.9. The van der Waals surface area contributed by atoms with Gasteiger partial charge in [0.25, 0.3) is 0 Å². The third-order valence-electron chi connectivity index (χ3n) is 3.85. The van der Waals surface area contributed by atoms with Crippen molar-refractivity contribution in [1.82, 2.24) is 15.5 Å². The molecule has 1 aliphatic rings. The molecule has 2 unspecified atom stereocenters. The van der Waals surface area contributed by atoms with Crippen LogP contribution in [-0.4, -0.2) is 44.4 Å². The van der Waals surface area contributed by atoms with E-state index in [1.54, 1.807) is 0 Å². The van der Waals surface area contributed by atoms with Gasteiger partial charge in [-0.05, 0) is 45.1 Å². The highest BCUT2D eigenvalue weighted by atomic mass is 16.7. The Morgan fingerprint density at radius 2 is 2.05 bits per heavy atom. The number of ether oxygens (including phenoxy) is 2. The summed E-state index contributed by atoms with van der Waals surface area (Å²) in [5.41, 5.74) is 1.08. The lowest BCUT2D eigenvalue weighted by Gasteiger charge is -2.25. The highest BCUT2D eigenvalue weighted by molar-refractivity contribution is 5.74. The molecule has 0 bridgehead atoms. The number of hydrogen-bond acceptors (Lipinski definition) is 4. The van der Waals surface area contributed by atoms with Crippen LogP contribution in [0.15, 0.2) is 18.2 Å². The minimum Gasteiger partial charge on any atom is -0.454 e. The van der Waals surface area contributed by atoms with Crippen molar-refractivity contribution < 1.29 is 14.3 Å². The summed E-state index contributed by atoms with van der Waals surface area (Å²) in [6.45, 7) is 4.82. The lowest BCUT2D eigenvalue weighted by atomic mass is 10.1. The highest BCUT2D eigenvalue weighted by Gasteiger charge is 2.20. The molecule has 0 saturated heterocycles. The summed E-state index contributed by atoms with van der Waals surface area (Å²) in [6, 6.07) is 5.99. The third-order valence-corrected chi connectivity index (χ3v) is 3.85. The van der Waals surface area contributed by atoms with Crippen molar-refractivity contribution in [2.24, 2.45) is 0 Å². The second-order valence-electron chi connectivity index (χ2n) is 5.76. The number of fused-ring (bicyclic) bond motifs is 1. The van der Waals surface area contributed by atoms with Gasteiger partial charge >= 0.3 is 6.03 Å². The van der Waals surface area contributed by atoms with Crippen molar-refractivity contribution in [3.05, 3.63) is 23.8 Å². The van der Waals surface area contributed by atoms with Crippen molar-refractivity contribution in [1.29, 1.82) is 0 Å². The Balaban J connectivity index is 2.00. The predicted octanol–water partition coefficient (Wildman–Crippen LogP) is 2.12. The van der Waals surface area contributed by atoms with Gasteiger partial charge in [-0.25, -0.2) is 4.79 Å². The number of likely N-dealkylation sites (N-methyl/N-ethyl adjacent to an activating group) is 1. The molecule has 6 nitrogen and oxygen atoms in total. The van der Waals surface area contributed by atoms with Crippen LogP contribution in [0.4, 0.5) is 4.79 Å². The van der Waals surface area contributed by atoms with Crippen LogP contribution in [0, 0.1) is 0 Å². The van der Waals surface area contributed by atoms with Gasteiger partial charge in [-0.1, -0.05) is 13.0 Å². The molecular weight excluding hydrogens is 282 g/mol. The number of benzene rings is 1. The summed E-state index contributed by atoms with van der Waals surface area (Å²) < 4.78 is 10.8. The maximum absolute atomic E-state index is 11.9. The van der Waals surface area contributed by atoms with Crippen LogP contribution in [0.5, 0.6) is 11.5 Å². The van der Waals surface area contributed by atoms with E-state index in [0.29, 0.717) is 6.54 Å². The zero-order chi connectivity index (χ0) is 16.1. The first-order chi connectivity index (χ1) is 10.5. The Hall–Kier alpha value is -1.95. The van der Waals surface area contributed by atoms with Crippen molar-refractivity contribution in [2.45, 2.75) is 32.4 Å². The standard InChI is InChI=1S/C16H25N3O3/c1-5-11(2)18-16(20)17-9-13(19(3)4)12-6-7-14-15(8-12)22-10-21-14/h6-8,11,13H,5,9-10H2,1-4H3,(H2,17,18,20). The second-order valence-corrected chi connectivity index (χ2v) is 5.76. The van der Waals surface area contributed by atoms with E-state index >= 15 is 0 Å². The fourth-order valence-electron chi connectivity index (χ4n) is 2.29. The fourth-order valence-corrected chi connectivity index (χ4v) is 2.29. The summed E-state index contributed by atoms with van der Waals surface area (Å²) >= 11 is 0. The first kappa shape index (κ1) is 16.4. The molecule has 0 saturated carbocycles. The number of carbonyl (C=O) groups excluding carboxylic acids is 1. The first-order valence-electron chi connectivity index (χ1n) is 7.61. The van der Waals surface area contributed by atoms with Crippen molar-refractivity contribution in [2.75, 3.05) is 27.4 Å². The topological polar surface area (TPSA) is 62.8 Å². The predicted molar refractivity (Wildman–Crippen MR) is 85.3 cm³/mol. The van der Waals surface area contributed by atoms with Gasteiger partial charge in [0.15, 0.2) is 11.5 Å². The van der Waals surface area contributed by atoms with Gasteiger partial charge in [-0.2, -0.15) is 0 Å². The zero-order valence-corrected chi connectivity index (χ0v) is 13.7. The molecule has 2 atom stereocenters. The summed E-state index contributed by atoms with van der Waals surface area (Å²) in [4.78, 5) is 13.9. The number of carbonyl (C=O) groups is 1. The number of amides is 2. The molecule has 0 radical (unpaired) electrons. The van der Waals surface area contributed by atoms with E-state index in [1.165, 1.54) is 0 Å². The maximum Gasteiger partial charge on any atom is 0.315 e. The average molecular weight is 307 g/mol. The van der Waals surface area contributed by atoms with Crippen LogP contribution in [0.1, 0.15) is 31.9 Å². The van der Waals surface area contributed by atoms with Crippen molar-refractivity contribution >= 4 is 6.03 Å². The minimum absolute atomic E-state index is 0.0668. The van der Waals surface area contributed by atoms with Crippen LogP contribution < -0.4 is 20.1 Å². The molecule has 122 valence electrons. The summed E-state index contributed by atoms with van der Waals surface area (Å²) in [6.07, 6.45) is 0.909. The number of hydrogen-bond donors (Lipinski definition) is 2. The minimum atomic E-state index is -0.137. The van der Waals surface area contributed by atoms with E-state index in [0.717, 1.165) is 23.5 Å². The van der Waals surface area contributed by atoms with Gasteiger partial charge in [-0.3, -0.25) is 0 Å². The van der Waals surface area contributed by atoms with Crippen LogP contribution >= 0.6 is 0 Å². The monoisotopic (exact) mass is 307 g/mol. The van der Waals surface area contributed by atoms with Crippen molar-refractivity contribution in [3.63, 3.8) is 0 Å². The number of nitrogens with one attached hydrogen (secondary N) is 2. The smallest absolute Gasteiger partial charge is 0.315 e. The van der Waals surface area contributed by atoms with Crippen LogP contribution in [0.25, 0.3) is 0 Å². The zero-order valence-electron chi connectivity index (χ0n) is 13.7. The molecule has 0 aliphatic carbocycles. The largest absolute Gasteiger partial charge is 0.454 e. The molecule has 1 aliphatic heterocycles.